The van der Waals surface area contributed by atoms with Crippen LogP contribution in [-0.4, -0.2) is 53.9 Å². The summed E-state index contributed by atoms with van der Waals surface area (Å²) in [4.78, 5) is 41.1. The molecule has 0 aromatic heterocycles. The number of benzene rings is 2. The second-order valence-electron chi connectivity index (χ2n) is 7.49. The summed E-state index contributed by atoms with van der Waals surface area (Å²) >= 11 is 0. The third kappa shape index (κ3) is 2.44. The molecule has 0 spiro atoms. The molecule has 1 fully saturated rings. The molecular weight excluding hydrogens is 370 g/mol. The fourth-order valence-electron chi connectivity index (χ4n) is 4.31. The smallest absolute Gasteiger partial charge is 0.259 e. The van der Waals surface area contributed by atoms with E-state index in [-0.39, 0.29) is 17.6 Å². The summed E-state index contributed by atoms with van der Waals surface area (Å²) in [5, 5.41) is 3.38. The van der Waals surface area contributed by atoms with Crippen LogP contribution >= 0.6 is 0 Å². The number of hydrogen-bond acceptors (Lipinski definition) is 6. The molecule has 0 radical (unpaired) electrons. The van der Waals surface area contributed by atoms with E-state index >= 15 is 0 Å². The Hall–Kier alpha value is -3.45. The van der Waals surface area contributed by atoms with E-state index in [1.807, 2.05) is 6.07 Å². The van der Waals surface area contributed by atoms with Crippen LogP contribution in [0.15, 0.2) is 66.4 Å². The molecule has 0 aliphatic carbocycles. The molecule has 3 aliphatic heterocycles. The van der Waals surface area contributed by atoms with Crippen molar-refractivity contribution in [3.63, 3.8) is 0 Å². The number of hydrazine groups is 1. The Balaban J connectivity index is 1.65. The third-order valence-corrected chi connectivity index (χ3v) is 5.63. The summed E-state index contributed by atoms with van der Waals surface area (Å²) in [7, 11) is 3.55. The van der Waals surface area contributed by atoms with Crippen LogP contribution in [0.1, 0.15) is 10.4 Å². The molecular formula is C22H19N3O4. The zero-order valence-electron chi connectivity index (χ0n) is 16.0. The number of carbonyl (C=O) groups excluding carboxylic acids is 3. The zero-order chi connectivity index (χ0) is 20.3. The van der Waals surface area contributed by atoms with Crippen LogP contribution in [0.3, 0.4) is 0 Å². The SMILES string of the molecule is CN(C)N1C=C2C(=O)c3ccccc3O[C@H]2[C@H]2C(=O)N(c3ccccc3)C(=O)[C@H]21. The molecule has 2 amide bonds. The van der Waals surface area contributed by atoms with E-state index in [1.54, 1.807) is 78.8 Å². The van der Waals surface area contributed by atoms with Crippen molar-refractivity contribution < 1.29 is 19.1 Å². The topological polar surface area (TPSA) is 70.2 Å². The van der Waals surface area contributed by atoms with Crippen molar-refractivity contribution in [1.82, 2.24) is 10.0 Å². The lowest BCUT2D eigenvalue weighted by Crippen LogP contribution is -2.56. The van der Waals surface area contributed by atoms with Gasteiger partial charge in [0.15, 0.2) is 5.78 Å². The first-order valence-corrected chi connectivity index (χ1v) is 9.39. The maximum absolute atomic E-state index is 13.4. The van der Waals surface area contributed by atoms with E-state index in [1.165, 1.54) is 4.90 Å². The number of Topliss-reactive ketones (excluding diaryl/α,β-unsaturated/α-hetero) is 1. The van der Waals surface area contributed by atoms with Gasteiger partial charge in [0, 0.05) is 20.3 Å². The average Bonchev–Trinajstić information content (AvgIpc) is 2.99. The second-order valence-corrected chi connectivity index (χ2v) is 7.49. The molecule has 3 heterocycles. The van der Waals surface area contributed by atoms with E-state index in [2.05, 4.69) is 0 Å². The first-order chi connectivity index (χ1) is 14.0. The van der Waals surface area contributed by atoms with Crippen LogP contribution in [0.25, 0.3) is 0 Å². The van der Waals surface area contributed by atoms with Crippen molar-refractivity contribution in [2.75, 3.05) is 19.0 Å². The minimum Gasteiger partial charge on any atom is -0.484 e. The molecule has 0 N–H and O–H groups in total. The van der Waals surface area contributed by atoms with Gasteiger partial charge in [-0.25, -0.2) is 9.91 Å². The van der Waals surface area contributed by atoms with Gasteiger partial charge in [0.2, 0.25) is 5.91 Å². The van der Waals surface area contributed by atoms with Crippen LogP contribution in [0, 0.1) is 5.92 Å². The number of ether oxygens (including phenoxy) is 1. The number of fused-ring (bicyclic) bond motifs is 4. The van der Waals surface area contributed by atoms with E-state index < -0.39 is 18.1 Å². The molecule has 3 aliphatic rings. The highest BCUT2D eigenvalue weighted by Crippen LogP contribution is 2.43. The molecule has 7 nitrogen and oxygen atoms in total. The van der Waals surface area contributed by atoms with Crippen molar-refractivity contribution >= 4 is 23.3 Å². The van der Waals surface area contributed by atoms with E-state index in [9.17, 15) is 14.4 Å². The molecule has 146 valence electrons. The summed E-state index contributed by atoms with van der Waals surface area (Å²) in [6, 6.07) is 15.0. The van der Waals surface area contributed by atoms with Gasteiger partial charge in [-0.2, -0.15) is 0 Å². The van der Waals surface area contributed by atoms with Gasteiger partial charge in [-0.1, -0.05) is 30.3 Å². The van der Waals surface area contributed by atoms with Crippen molar-refractivity contribution in [2.24, 2.45) is 5.92 Å². The van der Waals surface area contributed by atoms with Crippen LogP contribution in [-0.2, 0) is 9.59 Å². The second kappa shape index (κ2) is 6.28. The molecule has 0 unspecified atom stereocenters. The van der Waals surface area contributed by atoms with Gasteiger partial charge in [-0.3, -0.25) is 19.4 Å². The fraction of sp³-hybridized carbons (Fsp3) is 0.227. The van der Waals surface area contributed by atoms with Gasteiger partial charge in [-0.05, 0) is 24.3 Å². The van der Waals surface area contributed by atoms with Gasteiger partial charge < -0.3 is 4.74 Å². The Labute approximate surface area is 167 Å². The first-order valence-electron chi connectivity index (χ1n) is 9.39. The van der Waals surface area contributed by atoms with Crippen LogP contribution < -0.4 is 9.64 Å². The predicted octanol–water partition coefficient (Wildman–Crippen LogP) is 1.86. The monoisotopic (exact) mass is 389 g/mol. The molecule has 7 heteroatoms. The maximum atomic E-state index is 13.4. The summed E-state index contributed by atoms with van der Waals surface area (Å²) in [5.74, 6) is -1.25. The quantitative estimate of drug-likeness (QED) is 0.731. The van der Waals surface area contributed by atoms with Gasteiger partial charge in [-0.15, -0.1) is 0 Å². The number of para-hydroxylation sites is 2. The number of rotatable bonds is 2. The van der Waals surface area contributed by atoms with Crippen molar-refractivity contribution in [2.45, 2.75) is 12.1 Å². The summed E-state index contributed by atoms with van der Waals surface area (Å²) < 4.78 is 6.12. The summed E-state index contributed by atoms with van der Waals surface area (Å²) in [6.45, 7) is 0. The Morgan fingerprint density at radius 2 is 1.59 bits per heavy atom. The zero-order valence-corrected chi connectivity index (χ0v) is 16.0. The Kier molecular flexibility index (Phi) is 3.82. The highest BCUT2D eigenvalue weighted by Gasteiger charge is 2.59. The number of carbonyl (C=O) groups is 3. The lowest BCUT2D eigenvalue weighted by molar-refractivity contribution is -0.130. The molecule has 1 saturated heterocycles. The van der Waals surface area contributed by atoms with Crippen molar-refractivity contribution in [3.05, 3.63) is 71.9 Å². The highest BCUT2D eigenvalue weighted by atomic mass is 16.5. The minimum absolute atomic E-state index is 0.180. The predicted molar refractivity (Wildman–Crippen MR) is 105 cm³/mol. The maximum Gasteiger partial charge on any atom is 0.259 e. The van der Waals surface area contributed by atoms with Crippen LogP contribution in [0.5, 0.6) is 5.75 Å². The van der Waals surface area contributed by atoms with E-state index in [0.717, 1.165) is 0 Å². The molecule has 2 aromatic carbocycles. The minimum atomic E-state index is -0.817. The Bertz CT molecular complexity index is 1060. The lowest BCUT2D eigenvalue weighted by Gasteiger charge is -2.43. The normalized spacial score (nSPS) is 25.4. The average molecular weight is 389 g/mol. The lowest BCUT2D eigenvalue weighted by atomic mass is 9.82. The highest BCUT2D eigenvalue weighted by molar-refractivity contribution is 6.25. The van der Waals surface area contributed by atoms with E-state index in [4.69, 9.17) is 4.74 Å². The number of imide groups is 1. The number of anilines is 1. The molecule has 3 atom stereocenters. The number of nitrogens with zero attached hydrogens (tertiary/aromatic N) is 3. The fourth-order valence-corrected chi connectivity index (χ4v) is 4.31. The first kappa shape index (κ1) is 17.6. The van der Waals surface area contributed by atoms with Gasteiger partial charge >= 0.3 is 0 Å². The molecule has 2 aromatic rings. The third-order valence-electron chi connectivity index (χ3n) is 5.63. The number of amides is 2. The molecule has 29 heavy (non-hydrogen) atoms. The van der Waals surface area contributed by atoms with Gasteiger partial charge in [0.25, 0.3) is 5.91 Å². The Morgan fingerprint density at radius 1 is 0.897 bits per heavy atom. The van der Waals surface area contributed by atoms with Gasteiger partial charge in [0.05, 0.1) is 16.8 Å². The molecule has 5 rings (SSSR count). The van der Waals surface area contributed by atoms with Crippen LogP contribution in [0.2, 0.25) is 0 Å². The van der Waals surface area contributed by atoms with Crippen molar-refractivity contribution in [1.29, 1.82) is 0 Å². The standard InChI is InChI=1S/C22H19N3O4/c1-23(2)24-12-15-19(26)14-10-6-7-11-16(14)29-20(15)17-18(24)22(28)25(21(17)27)13-8-4-3-5-9-13/h3-12,17-18,20H,1-2H3/t17-,18-,20+/m0/s1. The number of ketones is 1. The number of hydrogen-bond donors (Lipinski definition) is 0. The molecule has 0 saturated carbocycles. The van der Waals surface area contributed by atoms with E-state index in [0.29, 0.717) is 22.6 Å². The molecule has 0 bridgehead atoms. The summed E-state index contributed by atoms with van der Waals surface area (Å²) in [6.07, 6.45) is 0.841. The Morgan fingerprint density at radius 3 is 2.31 bits per heavy atom. The van der Waals surface area contributed by atoms with Crippen molar-refractivity contribution in [3.8, 4) is 5.75 Å². The van der Waals surface area contributed by atoms with Crippen LogP contribution in [0.4, 0.5) is 5.69 Å². The van der Waals surface area contributed by atoms with Gasteiger partial charge in [0.1, 0.15) is 23.8 Å². The summed E-state index contributed by atoms with van der Waals surface area (Å²) in [5.41, 5.74) is 1.36. The largest absolute Gasteiger partial charge is 0.484 e.